The van der Waals surface area contributed by atoms with Crippen LogP contribution in [0.3, 0.4) is 0 Å². The summed E-state index contributed by atoms with van der Waals surface area (Å²) in [6, 6.07) is 8.87. The number of hydrogen-bond donors (Lipinski definition) is 1. The van der Waals surface area contributed by atoms with Gasteiger partial charge in [0.25, 0.3) is 0 Å². The van der Waals surface area contributed by atoms with E-state index in [1.807, 2.05) is 12.1 Å². The summed E-state index contributed by atoms with van der Waals surface area (Å²) < 4.78 is 5.19. The summed E-state index contributed by atoms with van der Waals surface area (Å²) in [5.74, 6) is 0.912. The van der Waals surface area contributed by atoms with Crippen molar-refractivity contribution in [3.8, 4) is 5.75 Å². The highest BCUT2D eigenvalue weighted by atomic mass is 16.5. The molecule has 0 fully saturated rings. The Morgan fingerprint density at radius 1 is 1.15 bits per heavy atom. The molecule has 0 amide bonds. The van der Waals surface area contributed by atoms with Crippen molar-refractivity contribution in [1.29, 1.82) is 0 Å². The minimum Gasteiger partial charge on any atom is -0.497 e. The highest BCUT2D eigenvalue weighted by molar-refractivity contribution is 5.27. The Bertz CT molecular complexity index is 351. The Kier molecular flexibility index (Phi) is 8.31. The summed E-state index contributed by atoms with van der Waals surface area (Å²) in [4.78, 5) is 2.53. The Balaban J connectivity index is 2.52. The number of nitrogens with zero attached hydrogens (tertiary/aromatic N) is 1. The van der Waals surface area contributed by atoms with Crippen molar-refractivity contribution in [2.24, 2.45) is 0 Å². The van der Waals surface area contributed by atoms with Gasteiger partial charge < -0.3 is 14.7 Å². The monoisotopic (exact) mass is 279 g/mol. The number of rotatable bonds is 10. The van der Waals surface area contributed by atoms with Crippen LogP contribution in [0.15, 0.2) is 24.3 Å². The van der Waals surface area contributed by atoms with Crippen molar-refractivity contribution in [2.75, 3.05) is 26.8 Å². The van der Waals surface area contributed by atoms with Crippen LogP contribution in [0.25, 0.3) is 0 Å². The smallest absolute Gasteiger partial charge is 0.118 e. The molecule has 0 saturated carbocycles. The van der Waals surface area contributed by atoms with Crippen LogP contribution in [0.5, 0.6) is 5.75 Å². The molecule has 0 spiro atoms. The van der Waals surface area contributed by atoms with Crippen molar-refractivity contribution in [3.05, 3.63) is 29.8 Å². The number of aliphatic hydroxyl groups is 1. The van der Waals surface area contributed by atoms with E-state index in [1.54, 1.807) is 7.11 Å². The molecule has 1 N–H and O–H groups in total. The van der Waals surface area contributed by atoms with E-state index in [0.29, 0.717) is 12.6 Å². The van der Waals surface area contributed by atoms with E-state index < -0.39 is 0 Å². The highest BCUT2D eigenvalue weighted by Gasteiger charge is 2.13. The summed E-state index contributed by atoms with van der Waals surface area (Å²) in [7, 11) is 1.70. The van der Waals surface area contributed by atoms with E-state index in [-0.39, 0.29) is 0 Å². The lowest BCUT2D eigenvalue weighted by Gasteiger charge is -2.29. The molecule has 3 nitrogen and oxygen atoms in total. The maximum Gasteiger partial charge on any atom is 0.118 e. The predicted octanol–water partition coefficient (Wildman–Crippen LogP) is 3.11. The van der Waals surface area contributed by atoms with E-state index in [9.17, 15) is 0 Å². The van der Waals surface area contributed by atoms with E-state index in [1.165, 1.54) is 12.0 Å². The Hall–Kier alpha value is -1.06. The molecule has 0 aliphatic rings. The molecule has 1 aromatic carbocycles. The molecular formula is C17H29NO2. The fourth-order valence-electron chi connectivity index (χ4n) is 2.50. The molecule has 0 radical (unpaired) electrons. The Labute approximate surface area is 123 Å². The van der Waals surface area contributed by atoms with Gasteiger partial charge in [0.2, 0.25) is 0 Å². The summed E-state index contributed by atoms with van der Waals surface area (Å²) >= 11 is 0. The maximum atomic E-state index is 8.90. The molecule has 0 aliphatic carbocycles. The van der Waals surface area contributed by atoms with E-state index >= 15 is 0 Å². The predicted molar refractivity (Wildman–Crippen MR) is 84.3 cm³/mol. The molecule has 0 bridgehead atoms. The number of hydrogen-bond acceptors (Lipinski definition) is 3. The van der Waals surface area contributed by atoms with Crippen molar-refractivity contribution in [3.63, 3.8) is 0 Å². The zero-order valence-electron chi connectivity index (χ0n) is 13.1. The van der Waals surface area contributed by atoms with E-state index in [0.717, 1.165) is 38.1 Å². The zero-order valence-corrected chi connectivity index (χ0v) is 13.1. The fraction of sp³-hybridized carbons (Fsp3) is 0.647. The molecule has 0 aromatic heterocycles. The maximum absolute atomic E-state index is 8.90. The van der Waals surface area contributed by atoms with Crippen LogP contribution >= 0.6 is 0 Å². The molecule has 0 heterocycles. The van der Waals surface area contributed by atoms with Crippen molar-refractivity contribution in [1.82, 2.24) is 4.90 Å². The van der Waals surface area contributed by atoms with Gasteiger partial charge in [0, 0.05) is 12.6 Å². The first-order chi connectivity index (χ1) is 9.71. The molecule has 3 heteroatoms. The first-order valence-corrected chi connectivity index (χ1v) is 7.69. The zero-order chi connectivity index (χ0) is 14.8. The van der Waals surface area contributed by atoms with E-state index in [4.69, 9.17) is 9.84 Å². The lowest BCUT2D eigenvalue weighted by molar-refractivity contribution is 0.194. The molecule has 0 aliphatic heterocycles. The third kappa shape index (κ3) is 5.93. The first kappa shape index (κ1) is 17.0. The van der Waals surface area contributed by atoms with E-state index in [2.05, 4.69) is 30.9 Å². The van der Waals surface area contributed by atoms with Gasteiger partial charge in [-0.1, -0.05) is 19.1 Å². The summed E-state index contributed by atoms with van der Waals surface area (Å²) in [6.07, 6.45) is 4.20. The molecule has 1 aromatic rings. The van der Waals surface area contributed by atoms with Crippen molar-refractivity contribution < 1.29 is 9.84 Å². The van der Waals surface area contributed by atoms with Crippen LogP contribution in [0, 0.1) is 0 Å². The van der Waals surface area contributed by atoms with Crippen molar-refractivity contribution >= 4 is 0 Å². The number of aliphatic hydroxyl groups excluding tert-OH is 1. The van der Waals surface area contributed by atoms with Gasteiger partial charge in [-0.15, -0.1) is 0 Å². The van der Waals surface area contributed by atoms with Gasteiger partial charge in [-0.25, -0.2) is 0 Å². The molecule has 1 rings (SSSR count). The second kappa shape index (κ2) is 9.78. The van der Waals surface area contributed by atoms with Gasteiger partial charge in [-0.2, -0.15) is 0 Å². The Morgan fingerprint density at radius 3 is 2.40 bits per heavy atom. The lowest BCUT2D eigenvalue weighted by Crippen LogP contribution is -2.36. The fourth-order valence-corrected chi connectivity index (χ4v) is 2.50. The molecule has 1 atom stereocenters. The topological polar surface area (TPSA) is 32.7 Å². The average molecular weight is 279 g/mol. The van der Waals surface area contributed by atoms with Gasteiger partial charge in [-0.05, 0) is 63.4 Å². The van der Waals surface area contributed by atoms with Crippen LogP contribution in [0.1, 0.15) is 38.7 Å². The Morgan fingerprint density at radius 2 is 1.85 bits per heavy atom. The van der Waals surface area contributed by atoms with Crippen LogP contribution in [-0.2, 0) is 6.42 Å². The van der Waals surface area contributed by atoms with Gasteiger partial charge in [-0.3, -0.25) is 0 Å². The highest BCUT2D eigenvalue weighted by Crippen LogP contribution is 2.15. The van der Waals surface area contributed by atoms with Crippen LogP contribution in [-0.4, -0.2) is 42.9 Å². The second-order valence-electron chi connectivity index (χ2n) is 5.37. The van der Waals surface area contributed by atoms with Gasteiger partial charge in [0.1, 0.15) is 5.75 Å². The number of methoxy groups -OCH3 is 1. The molecule has 1 unspecified atom stereocenters. The summed E-state index contributed by atoms with van der Waals surface area (Å²) in [5.41, 5.74) is 1.35. The van der Waals surface area contributed by atoms with Crippen LogP contribution in [0.2, 0.25) is 0 Å². The number of benzene rings is 1. The van der Waals surface area contributed by atoms with Crippen LogP contribution in [0.4, 0.5) is 0 Å². The standard InChI is InChI=1S/C17H29NO2/c1-4-11-18(12-5-6-13-19)15(2)14-16-7-9-17(20-3)10-8-16/h7-10,15,19H,4-6,11-14H2,1-3H3. The molecule has 0 saturated heterocycles. The average Bonchev–Trinajstić information content (AvgIpc) is 2.47. The minimum atomic E-state index is 0.298. The molecule has 20 heavy (non-hydrogen) atoms. The normalized spacial score (nSPS) is 12.7. The third-order valence-electron chi connectivity index (χ3n) is 3.68. The van der Waals surface area contributed by atoms with Crippen molar-refractivity contribution in [2.45, 2.75) is 45.6 Å². The molecule has 114 valence electrons. The summed E-state index contributed by atoms with van der Waals surface area (Å²) in [5, 5.41) is 8.90. The second-order valence-corrected chi connectivity index (χ2v) is 5.37. The quantitative estimate of drug-likeness (QED) is 0.668. The SMILES string of the molecule is CCCN(CCCCO)C(C)Cc1ccc(OC)cc1. The lowest BCUT2D eigenvalue weighted by atomic mass is 10.0. The summed E-state index contributed by atoms with van der Waals surface area (Å²) in [6.45, 7) is 7.01. The number of unbranched alkanes of at least 4 members (excludes halogenated alkanes) is 1. The molecular weight excluding hydrogens is 250 g/mol. The minimum absolute atomic E-state index is 0.298. The van der Waals surface area contributed by atoms with Gasteiger partial charge in [0.15, 0.2) is 0 Å². The van der Waals surface area contributed by atoms with Gasteiger partial charge in [0.05, 0.1) is 7.11 Å². The number of ether oxygens (including phenoxy) is 1. The van der Waals surface area contributed by atoms with Crippen LogP contribution < -0.4 is 4.74 Å². The first-order valence-electron chi connectivity index (χ1n) is 7.69. The third-order valence-corrected chi connectivity index (χ3v) is 3.68. The largest absolute Gasteiger partial charge is 0.497 e. The van der Waals surface area contributed by atoms with Gasteiger partial charge >= 0.3 is 0 Å².